The molecule has 0 aromatic heterocycles. The average molecular weight is 290 g/mol. The fourth-order valence-electron chi connectivity index (χ4n) is 1.53. The number of primary amides is 1. The predicted octanol–water partition coefficient (Wildman–Crippen LogP) is 0.130. The van der Waals surface area contributed by atoms with E-state index in [0.717, 1.165) is 6.26 Å². The lowest BCUT2D eigenvalue weighted by molar-refractivity contribution is 0.117. The maximum Gasteiger partial charge on any atom is 0.312 e. The number of sulfone groups is 1. The number of rotatable bonds is 5. The number of aliphatic hydroxyl groups excluding tert-OH is 1. The van der Waals surface area contributed by atoms with E-state index in [1.165, 1.54) is 24.3 Å². The third-order valence-corrected chi connectivity index (χ3v) is 3.65. The molecular weight excluding hydrogens is 275 g/mol. The monoisotopic (exact) mass is 290 g/mol. The number of benzene rings is 1. The van der Waals surface area contributed by atoms with Gasteiger partial charge in [-0.05, 0) is 17.7 Å². The second-order valence-corrected chi connectivity index (χ2v) is 6.07. The van der Waals surface area contributed by atoms with Crippen molar-refractivity contribution < 1.29 is 22.7 Å². The van der Waals surface area contributed by atoms with Crippen molar-refractivity contribution in [3.05, 3.63) is 29.8 Å². The summed E-state index contributed by atoms with van der Waals surface area (Å²) in [4.78, 5) is 10.7. The van der Waals surface area contributed by atoms with E-state index in [-0.39, 0.29) is 10.5 Å². The first kappa shape index (κ1) is 15.4. The van der Waals surface area contributed by atoms with E-state index in [9.17, 15) is 22.7 Å². The molecule has 0 bridgehead atoms. The van der Waals surface area contributed by atoms with Gasteiger partial charge in [0, 0.05) is 6.26 Å². The molecule has 0 fully saturated rings. The molecule has 19 heavy (non-hydrogen) atoms. The Kier molecular flexibility index (Phi) is 4.84. The summed E-state index contributed by atoms with van der Waals surface area (Å²) in [5.74, 6) is 0. The van der Waals surface area contributed by atoms with Gasteiger partial charge in [-0.3, -0.25) is 0 Å². The number of aliphatic hydroxyl groups is 1. The van der Waals surface area contributed by atoms with Crippen molar-refractivity contribution in [2.75, 3.05) is 12.9 Å². The standard InChI is InChI=1S/C11H15FN2O4S/c1-19(17,18)8-4-2-7(3-5-8)10(15)9(6-12)14-11(13)16/h2-5,9-10,15H,6H2,1H3,(H3,13,14,16)/t9-,10-/m1/s1. The minimum Gasteiger partial charge on any atom is -0.386 e. The molecule has 0 unspecified atom stereocenters. The highest BCUT2D eigenvalue weighted by atomic mass is 32.2. The smallest absolute Gasteiger partial charge is 0.312 e. The van der Waals surface area contributed by atoms with Gasteiger partial charge in [0.05, 0.1) is 10.9 Å². The van der Waals surface area contributed by atoms with Crippen LogP contribution in [0.15, 0.2) is 29.2 Å². The zero-order valence-electron chi connectivity index (χ0n) is 10.2. The second-order valence-electron chi connectivity index (χ2n) is 4.06. The Bertz CT molecular complexity index is 544. The van der Waals surface area contributed by atoms with Crippen LogP contribution in [0, 0.1) is 0 Å². The number of alkyl halides is 1. The maximum atomic E-state index is 12.7. The summed E-state index contributed by atoms with van der Waals surface area (Å²) < 4.78 is 35.2. The van der Waals surface area contributed by atoms with Gasteiger partial charge in [0.1, 0.15) is 12.8 Å². The molecule has 0 saturated carbocycles. The molecule has 0 aliphatic rings. The van der Waals surface area contributed by atoms with Crippen LogP contribution in [0.25, 0.3) is 0 Å². The van der Waals surface area contributed by atoms with E-state index in [1.54, 1.807) is 0 Å². The minimum atomic E-state index is -3.34. The van der Waals surface area contributed by atoms with E-state index < -0.39 is 34.7 Å². The lowest BCUT2D eigenvalue weighted by atomic mass is 10.0. The number of carbonyl (C=O) groups is 1. The lowest BCUT2D eigenvalue weighted by Crippen LogP contribution is -2.43. The van der Waals surface area contributed by atoms with Gasteiger partial charge >= 0.3 is 6.03 Å². The first-order valence-electron chi connectivity index (χ1n) is 5.35. The van der Waals surface area contributed by atoms with Crippen LogP contribution in [0.3, 0.4) is 0 Å². The predicted molar refractivity (Wildman–Crippen MR) is 67.0 cm³/mol. The van der Waals surface area contributed by atoms with Crippen LogP contribution in [-0.4, -0.2) is 38.5 Å². The first-order chi connectivity index (χ1) is 8.75. The number of hydrogen-bond acceptors (Lipinski definition) is 4. The van der Waals surface area contributed by atoms with Crippen LogP contribution < -0.4 is 11.1 Å². The van der Waals surface area contributed by atoms with E-state index in [2.05, 4.69) is 5.32 Å². The molecule has 4 N–H and O–H groups in total. The van der Waals surface area contributed by atoms with Gasteiger partial charge in [0.2, 0.25) is 0 Å². The quantitative estimate of drug-likeness (QED) is 0.716. The SMILES string of the molecule is CS(=O)(=O)c1ccc([C@@H](O)[C@@H](CF)NC(N)=O)cc1. The summed E-state index contributed by atoms with van der Waals surface area (Å²) in [5, 5.41) is 11.9. The van der Waals surface area contributed by atoms with E-state index in [4.69, 9.17) is 5.73 Å². The van der Waals surface area contributed by atoms with Crippen molar-refractivity contribution in [2.24, 2.45) is 5.73 Å². The van der Waals surface area contributed by atoms with Crippen molar-refractivity contribution in [1.82, 2.24) is 5.32 Å². The third kappa shape index (κ3) is 4.18. The lowest BCUT2D eigenvalue weighted by Gasteiger charge is -2.20. The minimum absolute atomic E-state index is 0.0862. The molecule has 2 amide bonds. The highest BCUT2D eigenvalue weighted by Crippen LogP contribution is 2.19. The van der Waals surface area contributed by atoms with Crippen LogP contribution in [0.4, 0.5) is 9.18 Å². The van der Waals surface area contributed by atoms with Crippen LogP contribution >= 0.6 is 0 Å². The Balaban J connectivity index is 2.93. The van der Waals surface area contributed by atoms with Gasteiger partial charge in [-0.2, -0.15) is 0 Å². The van der Waals surface area contributed by atoms with Crippen molar-refractivity contribution in [3.8, 4) is 0 Å². The summed E-state index contributed by atoms with van der Waals surface area (Å²) >= 11 is 0. The van der Waals surface area contributed by atoms with Gasteiger partial charge in [-0.25, -0.2) is 17.6 Å². The molecule has 1 rings (SSSR count). The second kappa shape index (κ2) is 5.98. The van der Waals surface area contributed by atoms with Gasteiger partial charge in [0.25, 0.3) is 0 Å². The molecule has 0 heterocycles. The molecule has 0 spiro atoms. The summed E-state index contributed by atoms with van der Waals surface area (Å²) in [6, 6.07) is 3.18. The Morgan fingerprint density at radius 1 is 1.42 bits per heavy atom. The highest BCUT2D eigenvalue weighted by molar-refractivity contribution is 7.90. The molecule has 2 atom stereocenters. The fourth-order valence-corrected chi connectivity index (χ4v) is 2.16. The van der Waals surface area contributed by atoms with Crippen LogP contribution in [0.1, 0.15) is 11.7 Å². The fraction of sp³-hybridized carbons (Fsp3) is 0.364. The van der Waals surface area contributed by atoms with Gasteiger partial charge in [-0.15, -0.1) is 0 Å². The number of nitrogens with two attached hydrogens (primary N) is 1. The number of halogens is 1. The average Bonchev–Trinajstić information content (AvgIpc) is 2.34. The van der Waals surface area contributed by atoms with Gasteiger partial charge in [0.15, 0.2) is 9.84 Å². The largest absolute Gasteiger partial charge is 0.386 e. The molecule has 0 aliphatic carbocycles. The number of urea groups is 1. The number of amides is 2. The van der Waals surface area contributed by atoms with Crippen LogP contribution in [0.5, 0.6) is 0 Å². The Hall–Kier alpha value is -1.67. The Morgan fingerprint density at radius 2 is 1.95 bits per heavy atom. The highest BCUT2D eigenvalue weighted by Gasteiger charge is 2.22. The van der Waals surface area contributed by atoms with Crippen molar-refractivity contribution in [3.63, 3.8) is 0 Å². The van der Waals surface area contributed by atoms with Crippen LogP contribution in [-0.2, 0) is 9.84 Å². The maximum absolute atomic E-state index is 12.7. The molecule has 0 saturated heterocycles. The molecule has 0 radical (unpaired) electrons. The Labute approximate surface area is 110 Å². The molecular formula is C11H15FN2O4S. The topological polar surface area (TPSA) is 109 Å². The number of carbonyl (C=O) groups excluding carboxylic acids is 1. The van der Waals surface area contributed by atoms with Gasteiger partial charge in [-0.1, -0.05) is 12.1 Å². The van der Waals surface area contributed by atoms with Crippen molar-refractivity contribution >= 4 is 15.9 Å². The zero-order valence-corrected chi connectivity index (χ0v) is 11.0. The number of nitrogens with one attached hydrogen (secondary N) is 1. The Morgan fingerprint density at radius 3 is 2.32 bits per heavy atom. The van der Waals surface area contributed by atoms with E-state index >= 15 is 0 Å². The molecule has 106 valence electrons. The third-order valence-electron chi connectivity index (χ3n) is 2.52. The van der Waals surface area contributed by atoms with Crippen molar-refractivity contribution in [2.45, 2.75) is 17.0 Å². The normalized spacial score (nSPS) is 14.7. The molecule has 8 heteroatoms. The summed E-state index contributed by atoms with van der Waals surface area (Å²) in [6.45, 7) is -1.00. The van der Waals surface area contributed by atoms with E-state index in [1.807, 2.05) is 0 Å². The zero-order chi connectivity index (χ0) is 14.6. The summed E-state index contributed by atoms with van der Waals surface area (Å²) in [7, 11) is -3.34. The molecule has 6 nitrogen and oxygen atoms in total. The summed E-state index contributed by atoms with van der Waals surface area (Å²) in [5.41, 5.74) is 5.14. The van der Waals surface area contributed by atoms with Gasteiger partial charge < -0.3 is 16.2 Å². The van der Waals surface area contributed by atoms with Crippen LogP contribution in [0.2, 0.25) is 0 Å². The molecule has 0 aliphatic heterocycles. The molecule has 1 aromatic carbocycles. The first-order valence-corrected chi connectivity index (χ1v) is 7.25. The van der Waals surface area contributed by atoms with Crippen molar-refractivity contribution in [1.29, 1.82) is 0 Å². The number of hydrogen-bond donors (Lipinski definition) is 3. The summed E-state index contributed by atoms with van der Waals surface area (Å²) in [6.07, 6.45) is -0.261. The van der Waals surface area contributed by atoms with E-state index in [0.29, 0.717) is 0 Å². The molecule has 1 aromatic rings.